The Morgan fingerprint density at radius 3 is 2.57 bits per heavy atom. The Bertz CT molecular complexity index is 347. The molecule has 1 fully saturated rings. The van der Waals surface area contributed by atoms with Crippen LogP contribution in [0.25, 0.3) is 0 Å². The summed E-state index contributed by atoms with van der Waals surface area (Å²) in [6.45, 7) is 9.09. The highest BCUT2D eigenvalue weighted by Crippen LogP contribution is 2.20. The van der Waals surface area contributed by atoms with E-state index in [1.165, 1.54) is 0 Å². The SMILES string of the molecule is CCCC1NC(=O)C(CC(C)C)N(CCCSCC)C1=O. The van der Waals surface area contributed by atoms with Gasteiger partial charge in [-0.2, -0.15) is 11.8 Å². The van der Waals surface area contributed by atoms with Crippen molar-refractivity contribution in [1.29, 1.82) is 0 Å². The minimum absolute atomic E-state index is 0.0323. The molecule has 4 nitrogen and oxygen atoms in total. The summed E-state index contributed by atoms with van der Waals surface area (Å²) in [7, 11) is 0. The first-order valence-electron chi connectivity index (χ1n) is 8.19. The maximum atomic E-state index is 12.6. The minimum Gasteiger partial charge on any atom is -0.343 e. The Balaban J connectivity index is 2.74. The third kappa shape index (κ3) is 5.53. The number of carbonyl (C=O) groups is 2. The Kier molecular flexibility index (Phi) is 8.15. The zero-order chi connectivity index (χ0) is 15.8. The number of rotatable bonds is 9. The average molecular weight is 314 g/mol. The van der Waals surface area contributed by atoms with Crippen LogP contribution in [0.5, 0.6) is 0 Å². The van der Waals surface area contributed by atoms with E-state index in [2.05, 4.69) is 26.1 Å². The first-order valence-corrected chi connectivity index (χ1v) is 9.35. The highest BCUT2D eigenvalue weighted by molar-refractivity contribution is 7.99. The van der Waals surface area contributed by atoms with Gasteiger partial charge in [-0.3, -0.25) is 9.59 Å². The van der Waals surface area contributed by atoms with Gasteiger partial charge in [-0.15, -0.1) is 0 Å². The van der Waals surface area contributed by atoms with Crippen molar-refractivity contribution in [3.8, 4) is 0 Å². The molecule has 1 aliphatic rings. The summed E-state index contributed by atoms with van der Waals surface area (Å²) in [6, 6.07) is -0.595. The van der Waals surface area contributed by atoms with Crippen LogP contribution in [0.3, 0.4) is 0 Å². The molecule has 0 radical (unpaired) electrons. The van der Waals surface area contributed by atoms with Crippen molar-refractivity contribution in [2.45, 2.75) is 65.5 Å². The molecule has 21 heavy (non-hydrogen) atoms. The van der Waals surface area contributed by atoms with E-state index >= 15 is 0 Å². The molecular formula is C16H30N2O2S. The van der Waals surface area contributed by atoms with Gasteiger partial charge in [-0.1, -0.05) is 34.1 Å². The van der Waals surface area contributed by atoms with Crippen LogP contribution < -0.4 is 5.32 Å². The van der Waals surface area contributed by atoms with Crippen molar-refractivity contribution in [3.05, 3.63) is 0 Å². The molecule has 0 aliphatic carbocycles. The molecule has 1 aliphatic heterocycles. The van der Waals surface area contributed by atoms with Gasteiger partial charge in [0.2, 0.25) is 11.8 Å². The number of amides is 2. The lowest BCUT2D eigenvalue weighted by atomic mass is 9.96. The lowest BCUT2D eigenvalue weighted by molar-refractivity contribution is -0.150. The number of nitrogens with one attached hydrogen (secondary N) is 1. The summed E-state index contributed by atoms with van der Waals surface area (Å²) < 4.78 is 0. The first-order chi connectivity index (χ1) is 10.0. The van der Waals surface area contributed by atoms with Crippen LogP contribution in [0.2, 0.25) is 0 Å². The molecule has 0 aromatic heterocycles. The molecule has 5 heteroatoms. The van der Waals surface area contributed by atoms with Crippen LogP contribution in [0.15, 0.2) is 0 Å². The van der Waals surface area contributed by atoms with E-state index in [1.54, 1.807) is 0 Å². The average Bonchev–Trinajstić information content (AvgIpc) is 2.43. The maximum Gasteiger partial charge on any atom is 0.245 e. The minimum atomic E-state index is -0.315. The summed E-state index contributed by atoms with van der Waals surface area (Å²) in [6.07, 6.45) is 3.35. The predicted octanol–water partition coefficient (Wildman–Crippen LogP) is 2.67. The molecule has 2 unspecified atom stereocenters. The lowest BCUT2D eigenvalue weighted by Gasteiger charge is -2.39. The summed E-state index contributed by atoms with van der Waals surface area (Å²) in [5, 5.41) is 2.92. The van der Waals surface area contributed by atoms with Crippen LogP contribution in [-0.4, -0.2) is 46.8 Å². The highest BCUT2D eigenvalue weighted by Gasteiger charge is 2.39. The van der Waals surface area contributed by atoms with Crippen molar-refractivity contribution in [2.75, 3.05) is 18.1 Å². The smallest absolute Gasteiger partial charge is 0.245 e. The van der Waals surface area contributed by atoms with E-state index < -0.39 is 0 Å². The third-order valence-electron chi connectivity index (χ3n) is 3.74. The second kappa shape index (κ2) is 9.34. The maximum absolute atomic E-state index is 12.6. The summed E-state index contributed by atoms with van der Waals surface area (Å²) in [4.78, 5) is 26.8. The van der Waals surface area contributed by atoms with Crippen LogP contribution >= 0.6 is 11.8 Å². The van der Waals surface area contributed by atoms with Crippen molar-refractivity contribution < 1.29 is 9.59 Å². The molecule has 0 aromatic carbocycles. The second-order valence-electron chi connectivity index (χ2n) is 6.08. The Labute approximate surface area is 133 Å². The fourth-order valence-electron chi connectivity index (χ4n) is 2.74. The standard InChI is InChI=1S/C16H30N2O2S/c1-5-8-13-16(20)18(9-7-10-21-6-2)14(11-12(3)4)15(19)17-13/h12-14H,5-11H2,1-4H3,(H,17,19). The largest absolute Gasteiger partial charge is 0.343 e. The number of piperazine rings is 1. The van der Waals surface area contributed by atoms with E-state index in [0.717, 1.165) is 37.2 Å². The highest BCUT2D eigenvalue weighted by atomic mass is 32.2. The van der Waals surface area contributed by atoms with E-state index in [0.29, 0.717) is 12.5 Å². The first kappa shape index (κ1) is 18.3. The number of thioether (sulfide) groups is 1. The molecule has 122 valence electrons. The number of carbonyl (C=O) groups excluding carboxylic acids is 2. The Morgan fingerprint density at radius 1 is 1.29 bits per heavy atom. The number of nitrogens with zero attached hydrogens (tertiary/aromatic N) is 1. The van der Waals surface area contributed by atoms with Gasteiger partial charge in [0.05, 0.1) is 0 Å². The molecule has 0 aromatic rings. The topological polar surface area (TPSA) is 49.4 Å². The molecule has 1 heterocycles. The van der Waals surface area contributed by atoms with Gasteiger partial charge in [0.15, 0.2) is 0 Å². The summed E-state index contributed by atoms with van der Waals surface area (Å²) in [5.41, 5.74) is 0. The fourth-order valence-corrected chi connectivity index (χ4v) is 3.36. The van der Waals surface area contributed by atoms with Gasteiger partial charge >= 0.3 is 0 Å². The Hall–Kier alpha value is -0.710. The molecule has 1 saturated heterocycles. The van der Waals surface area contributed by atoms with Gasteiger partial charge in [0.1, 0.15) is 12.1 Å². The molecule has 2 atom stereocenters. The monoisotopic (exact) mass is 314 g/mol. The molecule has 0 saturated carbocycles. The lowest BCUT2D eigenvalue weighted by Crippen LogP contribution is -2.63. The van der Waals surface area contributed by atoms with Gasteiger partial charge in [0, 0.05) is 6.54 Å². The molecular weight excluding hydrogens is 284 g/mol. The second-order valence-corrected chi connectivity index (χ2v) is 7.47. The van der Waals surface area contributed by atoms with Crippen LogP contribution in [0.4, 0.5) is 0 Å². The summed E-state index contributed by atoms with van der Waals surface area (Å²) in [5.74, 6) is 2.70. The normalized spacial score (nSPS) is 22.8. The van der Waals surface area contributed by atoms with Crippen LogP contribution in [-0.2, 0) is 9.59 Å². The van der Waals surface area contributed by atoms with Gasteiger partial charge in [-0.05, 0) is 36.7 Å². The van der Waals surface area contributed by atoms with Crippen molar-refractivity contribution in [3.63, 3.8) is 0 Å². The molecule has 1 N–H and O–H groups in total. The zero-order valence-corrected chi connectivity index (χ0v) is 14.7. The fraction of sp³-hybridized carbons (Fsp3) is 0.875. The number of hydrogen-bond acceptors (Lipinski definition) is 3. The van der Waals surface area contributed by atoms with E-state index in [1.807, 2.05) is 23.6 Å². The van der Waals surface area contributed by atoms with Crippen LogP contribution in [0, 0.1) is 5.92 Å². The van der Waals surface area contributed by atoms with Gasteiger partial charge < -0.3 is 10.2 Å². The van der Waals surface area contributed by atoms with E-state index in [-0.39, 0.29) is 23.9 Å². The quantitative estimate of drug-likeness (QED) is 0.666. The predicted molar refractivity (Wildman–Crippen MR) is 89.4 cm³/mol. The van der Waals surface area contributed by atoms with Crippen molar-refractivity contribution >= 4 is 23.6 Å². The van der Waals surface area contributed by atoms with Gasteiger partial charge in [0.25, 0.3) is 0 Å². The molecule has 0 spiro atoms. The molecule has 2 amide bonds. The number of hydrogen-bond donors (Lipinski definition) is 1. The zero-order valence-electron chi connectivity index (χ0n) is 13.9. The van der Waals surface area contributed by atoms with Crippen molar-refractivity contribution in [2.24, 2.45) is 5.92 Å². The molecule has 1 rings (SSSR count). The van der Waals surface area contributed by atoms with Crippen LogP contribution in [0.1, 0.15) is 53.4 Å². The van der Waals surface area contributed by atoms with Crippen molar-refractivity contribution in [1.82, 2.24) is 10.2 Å². The third-order valence-corrected chi connectivity index (χ3v) is 4.73. The van der Waals surface area contributed by atoms with E-state index in [9.17, 15) is 9.59 Å². The summed E-state index contributed by atoms with van der Waals surface area (Å²) >= 11 is 1.89. The van der Waals surface area contributed by atoms with E-state index in [4.69, 9.17) is 0 Å². The van der Waals surface area contributed by atoms with Gasteiger partial charge in [-0.25, -0.2) is 0 Å². The Morgan fingerprint density at radius 2 is 2.00 bits per heavy atom. The molecule has 0 bridgehead atoms.